The van der Waals surface area contributed by atoms with Crippen molar-refractivity contribution in [1.29, 1.82) is 0 Å². The number of hydrogen-bond donors (Lipinski definition) is 0. The molecule has 66 heavy (non-hydrogen) atoms. The maximum atomic E-state index is 2.61. The van der Waals surface area contributed by atoms with Crippen LogP contribution in [0.1, 0.15) is 0 Å². The van der Waals surface area contributed by atoms with Gasteiger partial charge in [-0.05, 0) is 228 Å². The Balaban J connectivity index is 1.27. The summed E-state index contributed by atoms with van der Waals surface area (Å²) in [7, 11) is 0. The molecule has 0 heteroatoms. The number of hydrogen-bond acceptors (Lipinski definition) is 0. The summed E-state index contributed by atoms with van der Waals surface area (Å²) < 4.78 is 0. The Labute approximate surface area is 371 Å². The Morgan fingerprint density at radius 3 is 0.470 bits per heavy atom. The fourth-order valence-corrected chi connectivity index (χ4v) is 16.1. The monoisotopic (exact) mass is 818 g/mol. The van der Waals surface area contributed by atoms with Crippen molar-refractivity contribution in [3.8, 4) is 0 Å². The van der Waals surface area contributed by atoms with Crippen molar-refractivity contribution in [3.63, 3.8) is 0 Å². The van der Waals surface area contributed by atoms with Gasteiger partial charge in [0.1, 0.15) is 0 Å². The van der Waals surface area contributed by atoms with Gasteiger partial charge in [0.15, 0.2) is 0 Å². The van der Waals surface area contributed by atoms with E-state index in [2.05, 4.69) is 158 Å². The van der Waals surface area contributed by atoms with Gasteiger partial charge in [0, 0.05) is 0 Å². The predicted octanol–water partition coefficient (Wildman–Crippen LogP) is 19.1. The highest BCUT2D eigenvalue weighted by Gasteiger charge is 2.36. The summed E-state index contributed by atoms with van der Waals surface area (Å²) in [6, 6.07) is 62.3. The molecular weight excluding hydrogens is 793 g/mol. The minimum atomic E-state index is 1.34. The molecule has 0 fully saturated rings. The van der Waals surface area contributed by atoms with Gasteiger partial charge >= 0.3 is 0 Å². The van der Waals surface area contributed by atoms with Gasteiger partial charge in [0.2, 0.25) is 0 Å². The van der Waals surface area contributed by atoms with Crippen LogP contribution in [0, 0.1) is 0 Å². The highest BCUT2D eigenvalue weighted by Crippen LogP contribution is 2.65. The van der Waals surface area contributed by atoms with Crippen molar-refractivity contribution in [2.45, 2.75) is 0 Å². The quantitative estimate of drug-likeness (QED) is 0.106. The minimum absolute atomic E-state index is 1.34. The van der Waals surface area contributed by atoms with Crippen LogP contribution in [0.4, 0.5) is 0 Å². The number of rotatable bonds is 0. The van der Waals surface area contributed by atoms with Gasteiger partial charge in [0.25, 0.3) is 0 Å². The molecule has 0 amide bonds. The van der Waals surface area contributed by atoms with Gasteiger partial charge in [0.05, 0.1) is 0 Å². The van der Waals surface area contributed by atoms with Crippen molar-refractivity contribution in [3.05, 3.63) is 158 Å². The third-order valence-electron chi connectivity index (χ3n) is 18.1. The van der Waals surface area contributed by atoms with Crippen LogP contribution in [-0.4, -0.2) is 0 Å². The molecule has 0 saturated heterocycles. The Bertz CT molecular complexity index is 5080. The van der Waals surface area contributed by atoms with Crippen LogP contribution in [0.25, 0.3) is 215 Å². The second-order valence-electron chi connectivity index (χ2n) is 20.3. The van der Waals surface area contributed by atoms with E-state index in [9.17, 15) is 0 Å². The first-order valence-electron chi connectivity index (χ1n) is 23.6. The molecule has 0 bridgehead atoms. The van der Waals surface area contributed by atoms with Crippen LogP contribution in [0.3, 0.4) is 0 Å². The number of benzene rings is 21. The first-order chi connectivity index (χ1) is 32.8. The Hall–Kier alpha value is -8.58. The van der Waals surface area contributed by atoms with Crippen LogP contribution in [-0.2, 0) is 0 Å². The second kappa shape index (κ2) is 9.18. The largest absolute Gasteiger partial charge is 0.0616 e. The van der Waals surface area contributed by atoms with E-state index in [4.69, 9.17) is 0 Å². The summed E-state index contributed by atoms with van der Waals surface area (Å²) in [6.07, 6.45) is 0. The van der Waals surface area contributed by atoms with Gasteiger partial charge in [-0.1, -0.05) is 146 Å². The smallest absolute Gasteiger partial charge is 0.00000151 e. The van der Waals surface area contributed by atoms with Gasteiger partial charge in [-0.3, -0.25) is 0 Å². The Morgan fingerprint density at radius 2 is 0.242 bits per heavy atom. The van der Waals surface area contributed by atoms with E-state index >= 15 is 0 Å². The van der Waals surface area contributed by atoms with E-state index in [-0.39, 0.29) is 0 Å². The number of fused-ring (bicyclic) bond motifs is 14. The van der Waals surface area contributed by atoms with E-state index in [0.29, 0.717) is 0 Å². The van der Waals surface area contributed by atoms with Crippen LogP contribution >= 0.6 is 0 Å². The van der Waals surface area contributed by atoms with Crippen molar-refractivity contribution in [2.75, 3.05) is 0 Å². The van der Waals surface area contributed by atoms with Crippen molar-refractivity contribution in [2.24, 2.45) is 0 Å². The lowest BCUT2D eigenvalue weighted by Gasteiger charge is -2.32. The maximum absolute atomic E-state index is 2.61. The molecule has 0 aliphatic carbocycles. The van der Waals surface area contributed by atoms with Gasteiger partial charge in [-0.25, -0.2) is 0 Å². The second-order valence-corrected chi connectivity index (χ2v) is 20.3. The zero-order valence-electron chi connectivity index (χ0n) is 35.0. The maximum Gasteiger partial charge on any atom is -0.00000151 e. The predicted molar refractivity (Wildman–Crippen MR) is 288 cm³/mol. The van der Waals surface area contributed by atoms with E-state index in [1.54, 1.807) is 0 Å². The summed E-state index contributed by atoms with van der Waals surface area (Å²) in [5.74, 6) is 0. The summed E-state index contributed by atoms with van der Waals surface area (Å²) >= 11 is 0. The van der Waals surface area contributed by atoms with E-state index in [1.165, 1.54) is 215 Å². The standard InChI is InChI=1S/C66H26/c1-5-13-31-27(9-1)35-17-21-39-40-22-18-37-29-11-3-7-15-33(29)45-26-46-34-16-8-4-12-30(34)38-20-24-42-41-23-19-36-28-10-2-6-14-32(28)44-25-43(31)55-47(35)51(39)61-62-52(40)49(37)57(45)60-58(46)50(38)54(42)64(66(60)62)63-53(41)48(36)56(44)59(55)65(61)63/h1-26H. The first kappa shape index (κ1) is 30.5. The molecule has 21 rings (SSSR count). The first-order valence-corrected chi connectivity index (χ1v) is 23.6. The van der Waals surface area contributed by atoms with Crippen molar-refractivity contribution >= 4 is 215 Å². The average Bonchev–Trinajstić information content (AvgIpc) is 3.38. The van der Waals surface area contributed by atoms with E-state index in [1.807, 2.05) is 0 Å². The molecule has 0 aliphatic heterocycles. The molecule has 0 unspecified atom stereocenters. The molecule has 0 aromatic heterocycles. The minimum Gasteiger partial charge on any atom is -0.0616 e. The molecule has 21 aromatic rings. The Morgan fingerprint density at radius 1 is 0.106 bits per heavy atom. The van der Waals surface area contributed by atoms with E-state index in [0.717, 1.165) is 0 Å². The molecule has 0 spiro atoms. The highest BCUT2D eigenvalue weighted by atomic mass is 14.4. The van der Waals surface area contributed by atoms with E-state index < -0.39 is 0 Å². The van der Waals surface area contributed by atoms with Crippen LogP contribution in [0.15, 0.2) is 158 Å². The zero-order chi connectivity index (χ0) is 41.5. The van der Waals surface area contributed by atoms with Gasteiger partial charge in [-0.2, -0.15) is 0 Å². The molecule has 0 atom stereocenters. The lowest BCUT2D eigenvalue weighted by atomic mass is 9.69. The summed E-state index contributed by atoms with van der Waals surface area (Å²) in [5, 5.41) is 56.4. The topological polar surface area (TPSA) is 0 Å². The summed E-state index contributed by atoms with van der Waals surface area (Å²) in [4.78, 5) is 0. The van der Waals surface area contributed by atoms with Crippen LogP contribution in [0.2, 0.25) is 0 Å². The third-order valence-corrected chi connectivity index (χ3v) is 18.1. The molecule has 0 heterocycles. The van der Waals surface area contributed by atoms with Crippen LogP contribution in [0.5, 0.6) is 0 Å². The van der Waals surface area contributed by atoms with Crippen LogP contribution < -0.4 is 0 Å². The molecule has 21 aromatic carbocycles. The fraction of sp³-hybridized carbons (Fsp3) is 0. The normalized spacial score (nSPS) is 14.1. The molecule has 0 radical (unpaired) electrons. The van der Waals surface area contributed by atoms with Crippen molar-refractivity contribution in [1.82, 2.24) is 0 Å². The van der Waals surface area contributed by atoms with Gasteiger partial charge in [-0.15, -0.1) is 0 Å². The lowest BCUT2D eigenvalue weighted by molar-refractivity contribution is 1.81. The molecule has 0 saturated carbocycles. The molecule has 290 valence electrons. The lowest BCUT2D eigenvalue weighted by Crippen LogP contribution is -2.03. The third kappa shape index (κ3) is 2.68. The Kier molecular flexibility index (Phi) is 4.24. The molecule has 0 nitrogen and oxygen atoms in total. The molecule has 0 aliphatic rings. The highest BCUT2D eigenvalue weighted by molar-refractivity contribution is 6.67. The van der Waals surface area contributed by atoms with Gasteiger partial charge < -0.3 is 0 Å². The molecular formula is C66H26. The zero-order valence-corrected chi connectivity index (χ0v) is 35.0. The fourth-order valence-electron chi connectivity index (χ4n) is 16.1. The summed E-state index contributed by atoms with van der Waals surface area (Å²) in [5.41, 5.74) is 0. The van der Waals surface area contributed by atoms with Crippen molar-refractivity contribution < 1.29 is 0 Å². The SMILES string of the molecule is c1ccc2c(c1)c1ccc3c4ccc5c6ccccc6c6cc7c8ccccc8c8ccc9c%10ccc%11c%12ccccc%12c%12cc2c2c1c3c1c3c4c5c6c4c7c8c9c(c5c%10c%11c%12c2c15)c43. The summed E-state index contributed by atoms with van der Waals surface area (Å²) in [6.45, 7) is 0. The average molecular weight is 819 g/mol. The molecule has 0 N–H and O–H groups in total.